The van der Waals surface area contributed by atoms with E-state index in [1.165, 1.54) is 23.3 Å². The highest BCUT2D eigenvalue weighted by atomic mass is 35.5. The Balaban J connectivity index is 0.00000156. The second-order valence-electron chi connectivity index (χ2n) is 6.70. The van der Waals surface area contributed by atoms with Crippen LogP contribution in [-0.2, 0) is 21.6 Å². The number of ether oxygens (including phenoxy) is 1. The van der Waals surface area contributed by atoms with Gasteiger partial charge in [0.1, 0.15) is 5.60 Å². The van der Waals surface area contributed by atoms with E-state index in [0.717, 1.165) is 51.9 Å². The number of amides is 1. The number of carbonyl (C=O) groups excluding carboxylic acids is 1. The molecule has 1 atom stereocenters. The van der Waals surface area contributed by atoms with Gasteiger partial charge < -0.3 is 15.0 Å². The fraction of sp³-hybridized carbons (Fsp3) is 0.706. The van der Waals surface area contributed by atoms with Crippen molar-refractivity contribution in [2.45, 2.75) is 50.2 Å². The summed E-state index contributed by atoms with van der Waals surface area (Å²) in [6.07, 6.45) is 6.28. The van der Waals surface area contributed by atoms with Crippen LogP contribution < -0.4 is 5.32 Å². The molecule has 3 aliphatic heterocycles. The Morgan fingerprint density at radius 1 is 1.35 bits per heavy atom. The van der Waals surface area contributed by atoms with Gasteiger partial charge in [-0.2, -0.15) is 0 Å². The molecule has 0 aliphatic carbocycles. The maximum absolute atomic E-state index is 12.6. The van der Waals surface area contributed by atoms with Gasteiger partial charge in [0.15, 0.2) is 0 Å². The number of likely N-dealkylation sites (tertiary alicyclic amines) is 1. The number of carbonyl (C=O) groups is 1. The van der Waals surface area contributed by atoms with Crippen molar-refractivity contribution in [1.29, 1.82) is 0 Å². The van der Waals surface area contributed by atoms with Crippen molar-refractivity contribution in [2.75, 3.05) is 26.2 Å². The van der Waals surface area contributed by atoms with Crippen molar-refractivity contribution in [1.82, 2.24) is 10.2 Å². The summed E-state index contributed by atoms with van der Waals surface area (Å²) in [6, 6.07) is 2.29. The largest absolute Gasteiger partial charge is 0.369 e. The number of nitrogens with zero attached hydrogens (tertiary/aromatic N) is 1. The molecule has 0 unspecified atom stereocenters. The summed E-state index contributed by atoms with van der Waals surface area (Å²) in [5.74, 6) is 0.303. The molecule has 0 aromatic carbocycles. The number of rotatable bonds is 1. The van der Waals surface area contributed by atoms with E-state index >= 15 is 0 Å². The van der Waals surface area contributed by atoms with Crippen molar-refractivity contribution in [2.24, 2.45) is 0 Å². The number of hydrogen-bond donors (Lipinski definition) is 1. The number of piperidine rings is 2. The Bertz CT molecular complexity index is 549. The fourth-order valence-electron chi connectivity index (χ4n) is 4.10. The van der Waals surface area contributed by atoms with Crippen molar-refractivity contribution < 1.29 is 9.53 Å². The van der Waals surface area contributed by atoms with Crippen LogP contribution in [0.5, 0.6) is 0 Å². The van der Waals surface area contributed by atoms with E-state index in [9.17, 15) is 4.79 Å². The monoisotopic (exact) mass is 356 g/mol. The maximum atomic E-state index is 12.6. The molecule has 1 aromatic rings. The first-order valence-corrected chi connectivity index (χ1v) is 9.39. The molecular formula is C17H25ClN2O2S. The van der Waals surface area contributed by atoms with Crippen LogP contribution in [0.2, 0.25) is 0 Å². The highest BCUT2D eigenvalue weighted by molar-refractivity contribution is 7.10. The van der Waals surface area contributed by atoms with Crippen LogP contribution in [0, 0.1) is 0 Å². The lowest BCUT2D eigenvalue weighted by molar-refractivity contribution is -0.142. The van der Waals surface area contributed by atoms with Crippen LogP contribution in [0.3, 0.4) is 0 Å². The molecule has 1 spiro atoms. The van der Waals surface area contributed by atoms with Gasteiger partial charge in [-0.3, -0.25) is 4.79 Å². The van der Waals surface area contributed by atoms with E-state index in [1.54, 1.807) is 0 Å². The molecule has 1 amide bonds. The van der Waals surface area contributed by atoms with E-state index in [-0.39, 0.29) is 24.0 Å². The van der Waals surface area contributed by atoms with Crippen molar-refractivity contribution in [3.63, 3.8) is 0 Å². The number of nitrogens with one attached hydrogen (secondary N) is 1. The molecule has 0 saturated carbocycles. The third-order valence-corrected chi connectivity index (χ3v) is 6.54. The zero-order valence-corrected chi connectivity index (χ0v) is 15.0. The van der Waals surface area contributed by atoms with Gasteiger partial charge in [0.25, 0.3) is 0 Å². The Kier molecular flexibility index (Phi) is 5.31. The van der Waals surface area contributed by atoms with Crippen LogP contribution in [0.15, 0.2) is 11.4 Å². The molecule has 0 radical (unpaired) electrons. The van der Waals surface area contributed by atoms with Gasteiger partial charge in [-0.1, -0.05) is 6.42 Å². The zero-order chi connectivity index (χ0) is 15.0. The van der Waals surface area contributed by atoms with Crippen LogP contribution in [0.25, 0.3) is 0 Å². The molecule has 128 valence electrons. The Hall–Kier alpha value is -0.620. The molecule has 4 nitrogen and oxygen atoms in total. The normalized spacial score (nSPS) is 26.4. The Morgan fingerprint density at radius 2 is 2.17 bits per heavy atom. The van der Waals surface area contributed by atoms with Crippen molar-refractivity contribution >= 4 is 29.7 Å². The molecule has 23 heavy (non-hydrogen) atoms. The van der Waals surface area contributed by atoms with Gasteiger partial charge in [0.2, 0.25) is 5.91 Å². The minimum atomic E-state index is -0.113. The lowest BCUT2D eigenvalue weighted by Gasteiger charge is -2.44. The lowest BCUT2D eigenvalue weighted by atomic mass is 9.85. The molecular weight excluding hydrogens is 332 g/mol. The topological polar surface area (TPSA) is 41.6 Å². The van der Waals surface area contributed by atoms with E-state index in [2.05, 4.69) is 21.7 Å². The summed E-state index contributed by atoms with van der Waals surface area (Å²) in [6.45, 7) is 3.46. The highest BCUT2D eigenvalue weighted by Gasteiger charge is 2.43. The fourth-order valence-corrected chi connectivity index (χ4v) is 5.26. The second kappa shape index (κ2) is 7.09. The molecule has 6 heteroatoms. The summed E-state index contributed by atoms with van der Waals surface area (Å²) in [5, 5.41) is 5.56. The van der Waals surface area contributed by atoms with Gasteiger partial charge in [-0.15, -0.1) is 23.7 Å². The first-order valence-electron chi connectivity index (χ1n) is 8.51. The quantitative estimate of drug-likeness (QED) is 0.841. The van der Waals surface area contributed by atoms with Gasteiger partial charge in [0.05, 0.1) is 12.6 Å². The lowest BCUT2D eigenvalue weighted by Crippen LogP contribution is -2.53. The summed E-state index contributed by atoms with van der Waals surface area (Å²) >= 11 is 1.83. The molecule has 4 rings (SSSR count). The van der Waals surface area contributed by atoms with Crippen molar-refractivity contribution in [3.8, 4) is 0 Å². The first-order chi connectivity index (χ1) is 10.8. The molecule has 2 saturated heterocycles. The predicted molar refractivity (Wildman–Crippen MR) is 94.4 cm³/mol. The molecule has 4 heterocycles. The molecule has 3 aliphatic rings. The third kappa shape index (κ3) is 3.16. The average molecular weight is 357 g/mol. The van der Waals surface area contributed by atoms with Crippen LogP contribution >= 0.6 is 23.7 Å². The number of fused-ring (bicyclic) bond motifs is 2. The first kappa shape index (κ1) is 17.2. The Labute approximate surface area is 148 Å². The van der Waals surface area contributed by atoms with E-state index in [4.69, 9.17) is 4.74 Å². The van der Waals surface area contributed by atoms with Gasteiger partial charge in [-0.05, 0) is 55.7 Å². The van der Waals surface area contributed by atoms with Gasteiger partial charge in [0, 0.05) is 18.0 Å². The van der Waals surface area contributed by atoms with E-state index < -0.39 is 0 Å². The molecule has 1 aromatic heterocycles. The smallest absolute Gasteiger partial charge is 0.239 e. The average Bonchev–Trinajstić information content (AvgIpc) is 3.06. The Morgan fingerprint density at radius 3 is 2.91 bits per heavy atom. The highest BCUT2D eigenvalue weighted by Crippen LogP contribution is 2.44. The van der Waals surface area contributed by atoms with Crippen LogP contribution in [-0.4, -0.2) is 43.1 Å². The summed E-state index contributed by atoms with van der Waals surface area (Å²) in [4.78, 5) is 16.1. The number of halogens is 1. The minimum Gasteiger partial charge on any atom is -0.369 e. The molecule has 2 fully saturated rings. The zero-order valence-electron chi connectivity index (χ0n) is 13.4. The minimum absolute atomic E-state index is 0. The summed E-state index contributed by atoms with van der Waals surface area (Å²) < 4.78 is 6.22. The molecule has 1 N–H and O–H groups in total. The molecule has 0 bridgehead atoms. The van der Waals surface area contributed by atoms with E-state index in [1.807, 2.05) is 11.3 Å². The SMILES string of the molecule is Cl.O=C([C@H]1CCCCN1)N1CCC2(CC1)OCCc1ccsc12. The number of thiophene rings is 1. The van der Waals surface area contributed by atoms with Crippen LogP contribution in [0.1, 0.15) is 42.5 Å². The van der Waals surface area contributed by atoms with Crippen molar-refractivity contribution in [3.05, 3.63) is 21.9 Å². The third-order valence-electron chi connectivity index (χ3n) is 5.40. The predicted octanol–water partition coefficient (Wildman–Crippen LogP) is 2.70. The summed E-state index contributed by atoms with van der Waals surface area (Å²) in [5.41, 5.74) is 1.35. The van der Waals surface area contributed by atoms with E-state index in [0.29, 0.717) is 5.91 Å². The van der Waals surface area contributed by atoms with Gasteiger partial charge in [-0.25, -0.2) is 0 Å². The maximum Gasteiger partial charge on any atom is 0.239 e. The second-order valence-corrected chi connectivity index (χ2v) is 7.61. The van der Waals surface area contributed by atoms with Gasteiger partial charge >= 0.3 is 0 Å². The summed E-state index contributed by atoms with van der Waals surface area (Å²) in [7, 11) is 0. The number of hydrogen-bond acceptors (Lipinski definition) is 4. The standard InChI is InChI=1S/C17H24N2O2S.ClH/c20-16(14-3-1-2-8-18-14)19-9-6-17(7-10-19)15-13(4-11-21-17)5-12-22-15;/h5,12,14,18H,1-4,6-11H2;1H/t14-;/m1./s1. The van der Waals surface area contributed by atoms with Crippen LogP contribution in [0.4, 0.5) is 0 Å².